The van der Waals surface area contributed by atoms with Crippen LogP contribution in [-0.4, -0.2) is 29.8 Å². The third kappa shape index (κ3) is 3.63. The normalized spacial score (nSPS) is 22.8. The van der Waals surface area contributed by atoms with E-state index in [-0.39, 0.29) is 6.10 Å². The average Bonchev–Trinajstić information content (AvgIpc) is 2.85. The Labute approximate surface area is 113 Å². The topological polar surface area (TPSA) is 58.6 Å². The van der Waals surface area contributed by atoms with Crippen LogP contribution in [0.1, 0.15) is 18.4 Å². The van der Waals surface area contributed by atoms with Gasteiger partial charge < -0.3 is 15.2 Å². The summed E-state index contributed by atoms with van der Waals surface area (Å²) >= 11 is 0. The van der Waals surface area contributed by atoms with Crippen molar-refractivity contribution < 1.29 is 27.8 Å². The number of halogens is 3. The lowest BCUT2D eigenvalue weighted by Crippen LogP contribution is -2.24. The van der Waals surface area contributed by atoms with E-state index in [0.717, 1.165) is 12.1 Å². The second-order valence-corrected chi connectivity index (χ2v) is 4.62. The molecule has 0 spiro atoms. The number of anilines is 1. The Morgan fingerprint density at radius 1 is 1.30 bits per heavy atom. The predicted octanol–water partition coefficient (Wildman–Crippen LogP) is 2.75. The minimum Gasteiger partial charge on any atom is -0.479 e. The molecule has 0 amide bonds. The van der Waals surface area contributed by atoms with Gasteiger partial charge in [-0.2, -0.15) is 13.2 Å². The summed E-state index contributed by atoms with van der Waals surface area (Å²) in [6, 6.07) is 4.68. The molecule has 20 heavy (non-hydrogen) atoms. The van der Waals surface area contributed by atoms with Crippen molar-refractivity contribution in [2.75, 3.05) is 11.9 Å². The summed E-state index contributed by atoms with van der Waals surface area (Å²) in [7, 11) is 0. The van der Waals surface area contributed by atoms with E-state index in [4.69, 9.17) is 9.84 Å². The zero-order chi connectivity index (χ0) is 14.8. The molecule has 1 heterocycles. The van der Waals surface area contributed by atoms with Crippen molar-refractivity contribution in [1.82, 2.24) is 0 Å². The summed E-state index contributed by atoms with van der Waals surface area (Å²) in [6.07, 6.45) is -4.30. The molecule has 1 saturated heterocycles. The van der Waals surface area contributed by atoms with Crippen molar-refractivity contribution in [3.63, 3.8) is 0 Å². The number of rotatable bonds is 4. The Kier molecular flexibility index (Phi) is 4.17. The molecule has 4 nitrogen and oxygen atoms in total. The first-order valence-corrected chi connectivity index (χ1v) is 6.15. The van der Waals surface area contributed by atoms with E-state index in [2.05, 4.69) is 5.32 Å². The van der Waals surface area contributed by atoms with E-state index in [1.54, 1.807) is 0 Å². The molecule has 1 aromatic rings. The fraction of sp³-hybridized carbons (Fsp3) is 0.462. The van der Waals surface area contributed by atoms with Crippen molar-refractivity contribution in [3.8, 4) is 0 Å². The molecule has 110 valence electrons. The number of hydrogen-bond acceptors (Lipinski definition) is 3. The Morgan fingerprint density at radius 2 is 1.95 bits per heavy atom. The van der Waals surface area contributed by atoms with Gasteiger partial charge in [-0.05, 0) is 37.1 Å². The summed E-state index contributed by atoms with van der Waals surface area (Å²) in [5.74, 6) is -0.984. The van der Waals surface area contributed by atoms with Gasteiger partial charge in [0.25, 0.3) is 0 Å². The highest BCUT2D eigenvalue weighted by Crippen LogP contribution is 2.30. The lowest BCUT2D eigenvalue weighted by Gasteiger charge is -2.14. The Hall–Kier alpha value is -1.76. The molecule has 1 aliphatic rings. The fourth-order valence-electron chi connectivity index (χ4n) is 2.05. The first-order valence-electron chi connectivity index (χ1n) is 6.15. The summed E-state index contributed by atoms with van der Waals surface area (Å²) in [4.78, 5) is 10.7. The zero-order valence-electron chi connectivity index (χ0n) is 10.5. The number of carboxylic acid groups (broad SMARTS) is 1. The summed E-state index contributed by atoms with van der Waals surface area (Å²) in [5.41, 5.74) is -0.161. The van der Waals surface area contributed by atoms with Gasteiger partial charge in [-0.3, -0.25) is 0 Å². The van der Waals surface area contributed by atoms with Gasteiger partial charge in [0.1, 0.15) is 0 Å². The Balaban J connectivity index is 1.85. The largest absolute Gasteiger partial charge is 0.479 e. The number of carbonyl (C=O) groups is 1. The Bertz CT molecular complexity index is 473. The van der Waals surface area contributed by atoms with E-state index in [0.29, 0.717) is 25.1 Å². The van der Waals surface area contributed by atoms with Gasteiger partial charge in [-0.1, -0.05) is 0 Å². The van der Waals surface area contributed by atoms with Gasteiger partial charge >= 0.3 is 12.1 Å². The van der Waals surface area contributed by atoms with Crippen LogP contribution in [0.4, 0.5) is 18.9 Å². The van der Waals surface area contributed by atoms with Gasteiger partial charge in [0, 0.05) is 12.2 Å². The SMILES string of the molecule is O=C(O)C1CCC(CNc2ccc(C(F)(F)F)cc2)O1. The summed E-state index contributed by atoms with van der Waals surface area (Å²) in [6.45, 7) is 0.370. The number of aliphatic carboxylic acids is 1. The molecule has 7 heteroatoms. The molecule has 0 bridgehead atoms. The highest BCUT2D eigenvalue weighted by molar-refractivity contribution is 5.72. The van der Waals surface area contributed by atoms with Crippen LogP contribution in [0.3, 0.4) is 0 Å². The van der Waals surface area contributed by atoms with Crippen LogP contribution in [0.25, 0.3) is 0 Å². The average molecular weight is 289 g/mol. The maximum Gasteiger partial charge on any atom is 0.416 e. The van der Waals surface area contributed by atoms with Gasteiger partial charge in [0.05, 0.1) is 11.7 Å². The van der Waals surface area contributed by atoms with Gasteiger partial charge in [0.15, 0.2) is 6.10 Å². The molecule has 2 N–H and O–H groups in total. The lowest BCUT2D eigenvalue weighted by molar-refractivity contribution is -0.149. The van der Waals surface area contributed by atoms with Crippen molar-refractivity contribution in [2.45, 2.75) is 31.2 Å². The third-order valence-electron chi connectivity index (χ3n) is 3.13. The van der Waals surface area contributed by atoms with Crippen molar-refractivity contribution in [1.29, 1.82) is 0 Å². The molecular formula is C13H14F3NO3. The number of alkyl halides is 3. The Morgan fingerprint density at radius 3 is 2.45 bits per heavy atom. The van der Waals surface area contributed by atoms with Gasteiger partial charge in [-0.15, -0.1) is 0 Å². The smallest absolute Gasteiger partial charge is 0.416 e. The van der Waals surface area contributed by atoms with Crippen LogP contribution in [-0.2, 0) is 15.7 Å². The van der Waals surface area contributed by atoms with Crippen molar-refractivity contribution in [3.05, 3.63) is 29.8 Å². The number of carboxylic acids is 1. The zero-order valence-corrected chi connectivity index (χ0v) is 10.5. The number of hydrogen-bond donors (Lipinski definition) is 2. The maximum atomic E-state index is 12.4. The fourth-order valence-corrected chi connectivity index (χ4v) is 2.05. The van der Waals surface area contributed by atoms with Crippen LogP contribution in [0.2, 0.25) is 0 Å². The van der Waals surface area contributed by atoms with E-state index in [9.17, 15) is 18.0 Å². The standard InChI is InChI=1S/C13H14F3NO3/c14-13(15,16)8-1-3-9(4-2-8)17-7-10-5-6-11(20-10)12(18)19/h1-4,10-11,17H,5-7H2,(H,18,19). The molecule has 0 aromatic heterocycles. The highest BCUT2D eigenvalue weighted by atomic mass is 19.4. The lowest BCUT2D eigenvalue weighted by atomic mass is 10.2. The molecular weight excluding hydrogens is 275 g/mol. The summed E-state index contributed by atoms with van der Waals surface area (Å²) in [5, 5.41) is 11.7. The van der Waals surface area contributed by atoms with Crippen LogP contribution in [0, 0.1) is 0 Å². The van der Waals surface area contributed by atoms with Crippen molar-refractivity contribution in [2.24, 2.45) is 0 Å². The van der Waals surface area contributed by atoms with Crippen LogP contribution in [0.5, 0.6) is 0 Å². The number of nitrogens with one attached hydrogen (secondary N) is 1. The highest BCUT2D eigenvalue weighted by Gasteiger charge is 2.31. The molecule has 1 aromatic carbocycles. The molecule has 2 unspecified atom stereocenters. The second kappa shape index (κ2) is 5.70. The maximum absolute atomic E-state index is 12.4. The van der Waals surface area contributed by atoms with E-state index >= 15 is 0 Å². The third-order valence-corrected chi connectivity index (χ3v) is 3.13. The minimum atomic E-state index is -4.35. The first-order chi connectivity index (χ1) is 9.36. The molecule has 2 atom stereocenters. The predicted molar refractivity (Wildman–Crippen MR) is 65.5 cm³/mol. The van der Waals surface area contributed by atoms with Crippen molar-refractivity contribution >= 4 is 11.7 Å². The van der Waals surface area contributed by atoms with E-state index < -0.39 is 23.8 Å². The van der Waals surface area contributed by atoms with Crippen LogP contribution >= 0.6 is 0 Å². The van der Waals surface area contributed by atoms with E-state index in [1.165, 1.54) is 12.1 Å². The van der Waals surface area contributed by atoms with Gasteiger partial charge in [-0.25, -0.2) is 4.79 Å². The molecule has 0 radical (unpaired) electrons. The monoisotopic (exact) mass is 289 g/mol. The first kappa shape index (κ1) is 14.6. The quantitative estimate of drug-likeness (QED) is 0.895. The second-order valence-electron chi connectivity index (χ2n) is 4.62. The molecule has 1 aliphatic heterocycles. The number of benzene rings is 1. The molecule has 2 rings (SSSR count). The molecule has 0 aliphatic carbocycles. The van der Waals surface area contributed by atoms with Gasteiger partial charge in [0.2, 0.25) is 0 Å². The minimum absolute atomic E-state index is 0.238. The van der Waals surface area contributed by atoms with Crippen LogP contribution < -0.4 is 5.32 Å². The number of ether oxygens (including phenoxy) is 1. The van der Waals surface area contributed by atoms with E-state index in [1.807, 2.05) is 0 Å². The molecule has 0 saturated carbocycles. The summed E-state index contributed by atoms with van der Waals surface area (Å²) < 4.78 is 42.4. The molecule has 1 fully saturated rings. The van der Waals surface area contributed by atoms with Crippen LogP contribution in [0.15, 0.2) is 24.3 Å².